The van der Waals surface area contributed by atoms with E-state index in [0.717, 1.165) is 0 Å². The first kappa shape index (κ1) is 13.1. The average molecular weight is 246 g/mol. The zero-order valence-electron chi connectivity index (χ0n) is 10.8. The first-order valence-corrected chi connectivity index (χ1v) is 7.59. The number of hydrogen-bond acceptors (Lipinski definition) is 4. The van der Waals surface area contributed by atoms with E-state index in [1.807, 2.05) is 23.9 Å². The van der Waals surface area contributed by atoms with E-state index in [-0.39, 0.29) is 5.41 Å². The Morgan fingerprint density at radius 1 is 1.07 bits per heavy atom. The van der Waals surface area contributed by atoms with Gasteiger partial charge in [-0.25, -0.2) is 0 Å². The summed E-state index contributed by atoms with van der Waals surface area (Å²) in [7, 11) is 0. The third-order valence-corrected chi connectivity index (χ3v) is 4.53. The van der Waals surface area contributed by atoms with Crippen LogP contribution in [0.5, 0.6) is 0 Å². The van der Waals surface area contributed by atoms with E-state index in [1.54, 1.807) is 0 Å². The lowest BCUT2D eigenvalue weighted by Gasteiger charge is -2.32. The van der Waals surface area contributed by atoms with Crippen LogP contribution in [0.2, 0.25) is 0 Å². The molecular weight excluding hydrogens is 224 g/mol. The first-order valence-electron chi connectivity index (χ1n) is 5.22. The minimum absolute atomic E-state index is 0.214. The van der Waals surface area contributed by atoms with Crippen LogP contribution in [0.4, 0.5) is 0 Å². The zero-order valence-corrected chi connectivity index (χ0v) is 12.4. The molecule has 88 valence electrons. The lowest BCUT2D eigenvalue weighted by atomic mass is 9.91. The highest BCUT2D eigenvalue weighted by atomic mass is 32.2. The van der Waals surface area contributed by atoms with Crippen molar-refractivity contribution in [3.63, 3.8) is 0 Å². The van der Waals surface area contributed by atoms with Crippen molar-refractivity contribution in [2.75, 3.05) is 12.5 Å². The highest BCUT2D eigenvalue weighted by Gasteiger charge is 2.38. The largest absolute Gasteiger partial charge is 0.296 e. The van der Waals surface area contributed by atoms with Gasteiger partial charge in [0.1, 0.15) is 6.17 Å². The highest BCUT2D eigenvalue weighted by molar-refractivity contribution is 7.97. The van der Waals surface area contributed by atoms with E-state index in [0.29, 0.717) is 6.17 Å². The lowest BCUT2D eigenvalue weighted by molar-refractivity contribution is 0.315. The van der Waals surface area contributed by atoms with Crippen molar-refractivity contribution in [3.8, 4) is 0 Å². The molecule has 15 heavy (non-hydrogen) atoms. The maximum atomic E-state index is 2.42. The lowest BCUT2D eigenvalue weighted by Crippen LogP contribution is -2.31. The molecule has 0 saturated carbocycles. The predicted molar refractivity (Wildman–Crippen MR) is 72.3 cm³/mol. The fourth-order valence-corrected chi connectivity index (χ4v) is 4.04. The number of nitrogens with zero attached hydrogens (tertiary/aromatic N) is 2. The van der Waals surface area contributed by atoms with Gasteiger partial charge < -0.3 is 0 Å². The molecule has 4 heteroatoms. The van der Waals surface area contributed by atoms with Crippen LogP contribution >= 0.6 is 23.9 Å². The molecule has 0 saturated heterocycles. The summed E-state index contributed by atoms with van der Waals surface area (Å²) >= 11 is 3.63. The molecule has 0 aromatic rings. The molecule has 0 fully saturated rings. The molecule has 2 nitrogen and oxygen atoms in total. The molecule has 1 aliphatic rings. The Hall–Kier alpha value is 0.0400. The third kappa shape index (κ3) is 2.26. The molecule has 0 N–H and O–H groups in total. The van der Waals surface area contributed by atoms with Crippen molar-refractivity contribution in [1.82, 2.24) is 8.61 Å². The monoisotopic (exact) mass is 246 g/mol. The fraction of sp³-hybridized carbons (Fsp3) is 0.818. The molecule has 1 unspecified atom stereocenters. The van der Waals surface area contributed by atoms with E-state index < -0.39 is 0 Å². The molecule has 0 aliphatic carbocycles. The summed E-state index contributed by atoms with van der Waals surface area (Å²) in [5, 5.41) is 0. The molecule has 0 amide bonds. The van der Waals surface area contributed by atoms with Gasteiger partial charge in [0.15, 0.2) is 0 Å². The van der Waals surface area contributed by atoms with Gasteiger partial charge in [0.2, 0.25) is 0 Å². The van der Waals surface area contributed by atoms with Crippen molar-refractivity contribution in [3.05, 3.63) is 11.4 Å². The van der Waals surface area contributed by atoms with Gasteiger partial charge >= 0.3 is 0 Å². The molecular formula is C11H22N2S2. The highest BCUT2D eigenvalue weighted by Crippen LogP contribution is 2.44. The second-order valence-corrected chi connectivity index (χ2v) is 6.35. The molecule has 1 aliphatic heterocycles. The second kappa shape index (κ2) is 4.50. The Morgan fingerprint density at radius 2 is 1.53 bits per heavy atom. The van der Waals surface area contributed by atoms with Gasteiger partial charge in [-0.1, -0.05) is 44.7 Å². The Labute approximate surface area is 103 Å². The van der Waals surface area contributed by atoms with E-state index >= 15 is 0 Å². The Kier molecular flexibility index (Phi) is 3.93. The van der Waals surface area contributed by atoms with Gasteiger partial charge in [-0.15, -0.1) is 0 Å². The molecule has 1 atom stereocenters. The van der Waals surface area contributed by atoms with Crippen LogP contribution in [-0.2, 0) is 0 Å². The van der Waals surface area contributed by atoms with Gasteiger partial charge in [0, 0.05) is 23.6 Å². The number of hydrogen-bond donors (Lipinski definition) is 0. The van der Waals surface area contributed by atoms with Gasteiger partial charge in [0.05, 0.1) is 5.70 Å². The summed E-state index contributed by atoms with van der Waals surface area (Å²) in [5.74, 6) is 0. The van der Waals surface area contributed by atoms with E-state index in [4.69, 9.17) is 0 Å². The topological polar surface area (TPSA) is 6.48 Å². The van der Waals surface area contributed by atoms with Crippen molar-refractivity contribution in [2.45, 2.75) is 40.8 Å². The summed E-state index contributed by atoms with van der Waals surface area (Å²) in [5.41, 5.74) is 3.07. The van der Waals surface area contributed by atoms with Crippen LogP contribution in [0, 0.1) is 5.41 Å². The van der Waals surface area contributed by atoms with Gasteiger partial charge in [-0.2, -0.15) is 0 Å². The van der Waals surface area contributed by atoms with Crippen LogP contribution in [0.15, 0.2) is 11.4 Å². The van der Waals surface area contributed by atoms with Crippen LogP contribution in [0.1, 0.15) is 34.6 Å². The maximum absolute atomic E-state index is 2.42. The van der Waals surface area contributed by atoms with Crippen molar-refractivity contribution >= 4 is 23.9 Å². The van der Waals surface area contributed by atoms with Crippen LogP contribution in [0.25, 0.3) is 0 Å². The van der Waals surface area contributed by atoms with Crippen molar-refractivity contribution in [2.24, 2.45) is 5.41 Å². The quantitative estimate of drug-likeness (QED) is 0.684. The SMILES string of the molecule is CSN1C(C)=C(C(C)(C)C)N(SC)C1C. The van der Waals surface area contributed by atoms with Gasteiger partial charge in [0.25, 0.3) is 0 Å². The van der Waals surface area contributed by atoms with Crippen molar-refractivity contribution in [1.29, 1.82) is 0 Å². The summed E-state index contributed by atoms with van der Waals surface area (Å²) in [6.07, 6.45) is 4.74. The van der Waals surface area contributed by atoms with Crippen LogP contribution < -0.4 is 0 Å². The summed E-state index contributed by atoms with van der Waals surface area (Å²) in [4.78, 5) is 0. The van der Waals surface area contributed by atoms with Gasteiger partial charge in [-0.3, -0.25) is 8.61 Å². The van der Waals surface area contributed by atoms with E-state index in [9.17, 15) is 0 Å². The minimum Gasteiger partial charge on any atom is -0.296 e. The Balaban J connectivity index is 3.13. The summed E-state index contributed by atoms with van der Waals surface area (Å²) in [6.45, 7) is 11.3. The Bertz CT molecular complexity index is 268. The number of allylic oxidation sites excluding steroid dienone is 2. The van der Waals surface area contributed by atoms with E-state index in [1.165, 1.54) is 11.4 Å². The molecule has 0 bridgehead atoms. The zero-order chi connectivity index (χ0) is 11.8. The summed E-state index contributed by atoms with van der Waals surface area (Å²) < 4.78 is 4.81. The molecule has 0 radical (unpaired) electrons. The molecule has 0 spiro atoms. The number of rotatable bonds is 2. The van der Waals surface area contributed by atoms with Gasteiger partial charge in [-0.05, 0) is 13.8 Å². The van der Waals surface area contributed by atoms with Crippen molar-refractivity contribution < 1.29 is 0 Å². The molecule has 1 heterocycles. The predicted octanol–water partition coefficient (Wildman–Crippen LogP) is 3.78. The smallest absolute Gasteiger partial charge is 0.119 e. The third-order valence-electron chi connectivity index (χ3n) is 2.68. The van der Waals surface area contributed by atoms with Crippen LogP contribution in [-0.4, -0.2) is 27.3 Å². The van der Waals surface area contributed by atoms with E-state index in [2.05, 4.69) is 55.7 Å². The summed E-state index contributed by atoms with van der Waals surface area (Å²) in [6, 6.07) is 0. The molecule has 0 aromatic heterocycles. The maximum Gasteiger partial charge on any atom is 0.119 e. The molecule has 0 aromatic carbocycles. The fourth-order valence-electron chi connectivity index (χ4n) is 2.23. The minimum atomic E-state index is 0.214. The standard InChI is InChI=1S/C11H22N2S2/c1-8-10(11(3,4)5)13(15-7)9(2)12(8)14-6/h9H,1-7H3. The Morgan fingerprint density at radius 3 is 1.80 bits per heavy atom. The normalized spacial score (nSPS) is 23.0. The second-order valence-electron chi connectivity index (χ2n) is 4.83. The first-order chi connectivity index (χ1) is 6.84. The molecule has 1 rings (SSSR count). The van der Waals surface area contributed by atoms with Crippen LogP contribution in [0.3, 0.4) is 0 Å². The average Bonchev–Trinajstić information content (AvgIpc) is 2.36.